The van der Waals surface area contributed by atoms with Crippen LogP contribution in [0.1, 0.15) is 26.7 Å². The number of alkyl halides is 3. The topological polar surface area (TPSA) is 40.1 Å². The maximum absolute atomic E-state index is 9.49. The Morgan fingerprint density at radius 3 is 1.73 bits per heavy atom. The Balaban J connectivity index is 0. The first kappa shape index (κ1) is 13.9. The van der Waals surface area contributed by atoms with E-state index in [-0.39, 0.29) is 6.42 Å². The molecule has 0 unspecified atom stereocenters. The third-order valence-electron chi connectivity index (χ3n) is 0.454. The monoisotopic (exact) mass is 219 g/mol. The third kappa shape index (κ3) is 64.5. The summed E-state index contributed by atoms with van der Waals surface area (Å²) in [6.45, 7) is 3.29. The molecule has 0 aromatic heterocycles. The number of hydrogen-bond acceptors (Lipinski definition) is 2. The van der Waals surface area contributed by atoms with Crippen LogP contribution in [-0.4, -0.2) is 9.76 Å². The van der Waals surface area contributed by atoms with Gasteiger partial charge in [0, 0.05) is 5.97 Å². The van der Waals surface area contributed by atoms with E-state index in [4.69, 9.17) is 34.8 Å². The van der Waals surface area contributed by atoms with E-state index in [9.17, 15) is 9.90 Å². The lowest BCUT2D eigenvalue weighted by molar-refractivity contribution is -0.305. The van der Waals surface area contributed by atoms with E-state index < -0.39 is 9.76 Å². The highest BCUT2D eigenvalue weighted by Crippen LogP contribution is 2.23. The molecule has 0 saturated heterocycles. The molecule has 0 aliphatic rings. The standard InChI is InChI=1S/C4H8O2.C2H3Cl3/c1-2-3-4(5)6;1-2(3,4)5/h2-3H2,1H3,(H,5,6);1H3/p-1. The second-order valence-electron chi connectivity index (χ2n) is 1.90. The minimum absolute atomic E-state index is 0.181. The second-order valence-corrected chi connectivity index (χ2v) is 4.75. The number of carboxylic acids is 1. The SMILES string of the molecule is CC(Cl)(Cl)Cl.CCCC(=O)[O-]. The van der Waals surface area contributed by atoms with Crippen LogP contribution < -0.4 is 5.11 Å². The number of carbonyl (C=O) groups excluding carboxylic acids is 1. The first-order valence-electron chi connectivity index (χ1n) is 3.04. The molecule has 0 aliphatic carbocycles. The Hall–Kier alpha value is 0.340. The maximum Gasteiger partial charge on any atom is 0.187 e. The number of rotatable bonds is 2. The van der Waals surface area contributed by atoms with Gasteiger partial charge in [-0.05, 0) is 13.3 Å². The van der Waals surface area contributed by atoms with Gasteiger partial charge in [0.05, 0.1) is 0 Å². The average molecular weight is 221 g/mol. The van der Waals surface area contributed by atoms with E-state index in [0.717, 1.165) is 0 Å². The average Bonchev–Trinajstić information content (AvgIpc) is 1.58. The summed E-state index contributed by atoms with van der Waals surface area (Å²) in [6.07, 6.45) is 0.850. The molecule has 0 atom stereocenters. The van der Waals surface area contributed by atoms with Gasteiger partial charge in [-0.3, -0.25) is 0 Å². The van der Waals surface area contributed by atoms with Gasteiger partial charge >= 0.3 is 0 Å². The Bertz CT molecular complexity index is 103. The highest BCUT2D eigenvalue weighted by Gasteiger charge is 2.07. The first-order chi connectivity index (χ1) is 4.77. The molecular formula is C6H10Cl3O2-. The fraction of sp³-hybridized carbons (Fsp3) is 0.833. The van der Waals surface area contributed by atoms with Gasteiger partial charge in [-0.2, -0.15) is 0 Å². The smallest absolute Gasteiger partial charge is 0.187 e. The van der Waals surface area contributed by atoms with Crippen molar-refractivity contribution in [3.63, 3.8) is 0 Å². The van der Waals surface area contributed by atoms with Crippen molar-refractivity contribution in [2.24, 2.45) is 0 Å². The largest absolute Gasteiger partial charge is 0.550 e. The van der Waals surface area contributed by atoms with Crippen molar-refractivity contribution >= 4 is 40.8 Å². The maximum atomic E-state index is 9.49. The normalized spacial score (nSPS) is 9.91. The minimum atomic E-state index is -1.08. The Morgan fingerprint density at radius 1 is 1.45 bits per heavy atom. The van der Waals surface area contributed by atoms with Gasteiger partial charge in [-0.1, -0.05) is 48.1 Å². The molecule has 0 spiro atoms. The molecule has 68 valence electrons. The van der Waals surface area contributed by atoms with Crippen molar-refractivity contribution in [2.75, 3.05) is 0 Å². The zero-order valence-corrected chi connectivity index (χ0v) is 8.63. The van der Waals surface area contributed by atoms with Crippen molar-refractivity contribution in [1.29, 1.82) is 0 Å². The third-order valence-corrected chi connectivity index (χ3v) is 0.454. The van der Waals surface area contributed by atoms with Gasteiger partial charge in [0.2, 0.25) is 0 Å². The van der Waals surface area contributed by atoms with E-state index >= 15 is 0 Å². The van der Waals surface area contributed by atoms with Gasteiger partial charge in [0.25, 0.3) is 0 Å². The second kappa shape index (κ2) is 7.01. The first-order valence-corrected chi connectivity index (χ1v) is 4.17. The van der Waals surface area contributed by atoms with Crippen molar-refractivity contribution in [3.8, 4) is 0 Å². The van der Waals surface area contributed by atoms with E-state index in [2.05, 4.69) is 0 Å². The van der Waals surface area contributed by atoms with E-state index in [1.807, 2.05) is 0 Å². The van der Waals surface area contributed by atoms with E-state index in [1.54, 1.807) is 6.92 Å². The summed E-state index contributed by atoms with van der Waals surface area (Å²) in [6, 6.07) is 0. The van der Waals surface area contributed by atoms with Gasteiger partial charge in [0.15, 0.2) is 3.79 Å². The lowest BCUT2D eigenvalue weighted by Gasteiger charge is -1.94. The molecule has 0 N–H and O–H groups in total. The minimum Gasteiger partial charge on any atom is -0.550 e. The van der Waals surface area contributed by atoms with Crippen molar-refractivity contribution in [1.82, 2.24) is 0 Å². The lowest BCUT2D eigenvalue weighted by atomic mass is 10.4. The van der Waals surface area contributed by atoms with Gasteiger partial charge in [-0.15, -0.1) is 0 Å². The summed E-state index contributed by atoms with van der Waals surface area (Å²) in [5, 5.41) is 9.49. The summed E-state index contributed by atoms with van der Waals surface area (Å²) >= 11 is 15.2. The van der Waals surface area contributed by atoms with Crippen LogP contribution in [0.2, 0.25) is 0 Å². The van der Waals surface area contributed by atoms with Crippen molar-refractivity contribution in [2.45, 2.75) is 30.5 Å². The lowest BCUT2D eigenvalue weighted by Crippen LogP contribution is -2.20. The van der Waals surface area contributed by atoms with Crippen LogP contribution in [-0.2, 0) is 4.79 Å². The molecule has 0 aromatic carbocycles. The fourth-order valence-corrected chi connectivity index (χ4v) is 0.204. The molecule has 0 aliphatic heterocycles. The zero-order valence-electron chi connectivity index (χ0n) is 6.36. The number of halogens is 3. The van der Waals surface area contributed by atoms with E-state index in [1.165, 1.54) is 6.92 Å². The molecule has 11 heavy (non-hydrogen) atoms. The Morgan fingerprint density at radius 2 is 1.73 bits per heavy atom. The van der Waals surface area contributed by atoms with Crippen LogP contribution in [0, 0.1) is 0 Å². The molecule has 0 heterocycles. The highest BCUT2D eigenvalue weighted by atomic mass is 35.6. The Kier molecular flexibility index (Phi) is 8.86. The van der Waals surface area contributed by atoms with Crippen molar-refractivity contribution < 1.29 is 9.90 Å². The molecule has 0 aromatic rings. The van der Waals surface area contributed by atoms with Crippen LogP contribution in [0.15, 0.2) is 0 Å². The number of carboxylic acid groups (broad SMARTS) is 1. The molecule has 0 saturated carbocycles. The summed E-state index contributed by atoms with van der Waals surface area (Å²) in [5.74, 6) is -0.961. The zero-order chi connectivity index (χ0) is 9.49. The summed E-state index contributed by atoms with van der Waals surface area (Å²) < 4.78 is -1.08. The van der Waals surface area contributed by atoms with Crippen LogP contribution in [0.25, 0.3) is 0 Å². The number of carbonyl (C=O) groups is 1. The van der Waals surface area contributed by atoms with Crippen LogP contribution >= 0.6 is 34.8 Å². The van der Waals surface area contributed by atoms with Gasteiger partial charge in [0.1, 0.15) is 0 Å². The number of hydrogen-bond donors (Lipinski definition) is 0. The predicted octanol–water partition coefficient (Wildman–Crippen LogP) is 1.91. The molecular weight excluding hydrogens is 210 g/mol. The fourth-order valence-electron chi connectivity index (χ4n) is 0.204. The summed E-state index contributed by atoms with van der Waals surface area (Å²) in [4.78, 5) is 9.49. The molecule has 0 bridgehead atoms. The molecule has 0 radical (unpaired) electrons. The Labute approximate surface area is 81.4 Å². The molecule has 2 nitrogen and oxygen atoms in total. The van der Waals surface area contributed by atoms with Crippen LogP contribution in [0.4, 0.5) is 0 Å². The van der Waals surface area contributed by atoms with Crippen LogP contribution in [0.5, 0.6) is 0 Å². The molecule has 0 fully saturated rings. The predicted molar refractivity (Wildman–Crippen MR) is 45.9 cm³/mol. The van der Waals surface area contributed by atoms with Crippen LogP contribution in [0.3, 0.4) is 0 Å². The number of aliphatic carboxylic acids is 1. The quantitative estimate of drug-likeness (QED) is 0.667. The summed E-state index contributed by atoms with van der Waals surface area (Å²) in [7, 11) is 0. The summed E-state index contributed by atoms with van der Waals surface area (Å²) in [5.41, 5.74) is 0. The van der Waals surface area contributed by atoms with Gasteiger partial charge in [-0.25, -0.2) is 0 Å². The molecule has 5 heteroatoms. The molecule has 0 rings (SSSR count). The van der Waals surface area contributed by atoms with E-state index in [0.29, 0.717) is 6.42 Å². The molecule has 0 amide bonds. The van der Waals surface area contributed by atoms with Gasteiger partial charge < -0.3 is 9.90 Å². The highest BCUT2D eigenvalue weighted by molar-refractivity contribution is 6.67. The van der Waals surface area contributed by atoms with Crippen molar-refractivity contribution in [3.05, 3.63) is 0 Å².